The summed E-state index contributed by atoms with van der Waals surface area (Å²) < 4.78 is 0. The average Bonchev–Trinajstić information content (AvgIpc) is 3.16. The Morgan fingerprint density at radius 1 is 1.35 bits per heavy atom. The van der Waals surface area contributed by atoms with E-state index in [0.29, 0.717) is 18.5 Å². The highest BCUT2D eigenvalue weighted by Crippen LogP contribution is 2.28. The third-order valence-electron chi connectivity index (χ3n) is 3.90. The highest BCUT2D eigenvalue weighted by Gasteiger charge is 2.31. The van der Waals surface area contributed by atoms with E-state index in [1.807, 2.05) is 30.5 Å². The molecule has 20 heavy (non-hydrogen) atoms. The van der Waals surface area contributed by atoms with Gasteiger partial charge in [-0.1, -0.05) is 32.0 Å². The second-order valence-corrected chi connectivity index (χ2v) is 6.23. The number of rotatable bonds is 6. The van der Waals surface area contributed by atoms with Gasteiger partial charge in [-0.05, 0) is 24.8 Å². The molecule has 1 saturated carbocycles. The van der Waals surface area contributed by atoms with Crippen molar-refractivity contribution in [1.29, 1.82) is 0 Å². The first kappa shape index (κ1) is 13.4. The van der Waals surface area contributed by atoms with E-state index in [9.17, 15) is 4.79 Å². The summed E-state index contributed by atoms with van der Waals surface area (Å²) in [5, 5.41) is 1.04. The van der Waals surface area contributed by atoms with Crippen molar-refractivity contribution in [2.24, 2.45) is 5.92 Å². The van der Waals surface area contributed by atoms with Gasteiger partial charge in [0.1, 0.15) is 0 Å². The van der Waals surface area contributed by atoms with E-state index in [1.165, 1.54) is 12.8 Å². The summed E-state index contributed by atoms with van der Waals surface area (Å²) in [6.07, 6.45) is 4.34. The molecule has 0 saturated heterocycles. The molecule has 3 nitrogen and oxygen atoms in total. The number of para-hydroxylation sites is 1. The molecule has 0 aliphatic heterocycles. The molecule has 1 aliphatic carbocycles. The minimum Gasteiger partial charge on any atom is -0.360 e. The largest absolute Gasteiger partial charge is 0.360 e. The Bertz CT molecular complexity index is 610. The second kappa shape index (κ2) is 5.41. The first-order valence-corrected chi connectivity index (χ1v) is 7.48. The molecule has 0 radical (unpaired) electrons. The fourth-order valence-corrected chi connectivity index (χ4v) is 2.82. The fraction of sp³-hybridized carbons (Fsp3) is 0.471. The number of fused-ring (bicyclic) bond motifs is 1. The summed E-state index contributed by atoms with van der Waals surface area (Å²) in [6.45, 7) is 5.99. The van der Waals surface area contributed by atoms with Gasteiger partial charge in [0.05, 0.1) is 6.54 Å². The Kier molecular flexibility index (Phi) is 3.62. The lowest BCUT2D eigenvalue weighted by Crippen LogP contribution is -2.34. The zero-order chi connectivity index (χ0) is 14.1. The smallest absolute Gasteiger partial charge is 0.178 e. The summed E-state index contributed by atoms with van der Waals surface area (Å²) >= 11 is 0. The van der Waals surface area contributed by atoms with Crippen molar-refractivity contribution < 1.29 is 4.79 Å². The lowest BCUT2D eigenvalue weighted by Gasteiger charge is -2.23. The second-order valence-electron chi connectivity index (χ2n) is 6.23. The molecule has 106 valence electrons. The van der Waals surface area contributed by atoms with Gasteiger partial charge in [0.15, 0.2) is 5.78 Å². The number of ketones is 1. The number of nitrogens with one attached hydrogen (secondary N) is 1. The van der Waals surface area contributed by atoms with Crippen molar-refractivity contribution in [3.8, 4) is 0 Å². The zero-order valence-corrected chi connectivity index (χ0v) is 12.2. The van der Waals surface area contributed by atoms with E-state index in [4.69, 9.17) is 0 Å². The van der Waals surface area contributed by atoms with Gasteiger partial charge in [-0.25, -0.2) is 0 Å². The Labute approximate surface area is 120 Å². The van der Waals surface area contributed by atoms with Crippen LogP contribution in [0.25, 0.3) is 10.9 Å². The fourth-order valence-electron chi connectivity index (χ4n) is 2.82. The van der Waals surface area contributed by atoms with E-state index in [1.54, 1.807) is 0 Å². The topological polar surface area (TPSA) is 36.1 Å². The average molecular weight is 270 g/mol. The lowest BCUT2D eigenvalue weighted by molar-refractivity contribution is 0.0917. The summed E-state index contributed by atoms with van der Waals surface area (Å²) in [6, 6.07) is 8.63. The predicted molar refractivity (Wildman–Crippen MR) is 82.1 cm³/mol. The van der Waals surface area contributed by atoms with Crippen LogP contribution in [0.15, 0.2) is 30.5 Å². The zero-order valence-electron chi connectivity index (χ0n) is 12.2. The van der Waals surface area contributed by atoms with Crippen LogP contribution in [0.5, 0.6) is 0 Å². The van der Waals surface area contributed by atoms with Gasteiger partial charge in [0.2, 0.25) is 0 Å². The van der Waals surface area contributed by atoms with Gasteiger partial charge < -0.3 is 4.98 Å². The van der Waals surface area contributed by atoms with Crippen molar-refractivity contribution in [2.75, 3.05) is 13.1 Å². The Hall–Kier alpha value is -1.61. The van der Waals surface area contributed by atoms with Crippen LogP contribution in [0.2, 0.25) is 0 Å². The number of nitrogens with zero attached hydrogens (tertiary/aromatic N) is 1. The van der Waals surface area contributed by atoms with Crippen LogP contribution < -0.4 is 0 Å². The highest BCUT2D eigenvalue weighted by molar-refractivity contribution is 6.08. The molecule has 0 bridgehead atoms. The first-order chi connectivity index (χ1) is 9.65. The van der Waals surface area contributed by atoms with Crippen LogP contribution in [0.4, 0.5) is 0 Å². The first-order valence-electron chi connectivity index (χ1n) is 7.48. The summed E-state index contributed by atoms with van der Waals surface area (Å²) in [4.78, 5) is 18.1. The van der Waals surface area contributed by atoms with Crippen molar-refractivity contribution in [3.63, 3.8) is 0 Å². The quantitative estimate of drug-likeness (QED) is 0.816. The number of Topliss-reactive ketones (excluding diaryl/α,β-unsaturated/α-hetero) is 1. The maximum absolute atomic E-state index is 12.6. The van der Waals surface area contributed by atoms with E-state index in [0.717, 1.165) is 23.0 Å². The van der Waals surface area contributed by atoms with Gasteiger partial charge >= 0.3 is 0 Å². The summed E-state index contributed by atoms with van der Waals surface area (Å²) in [7, 11) is 0. The molecule has 0 unspecified atom stereocenters. The molecule has 3 heteroatoms. The number of H-pyrrole nitrogens is 1. The SMILES string of the molecule is CC(C)CN(CC(=O)c1c[nH]c2ccccc12)C1CC1. The molecule has 1 fully saturated rings. The molecule has 1 aromatic carbocycles. The van der Waals surface area contributed by atoms with Crippen molar-refractivity contribution in [2.45, 2.75) is 32.7 Å². The predicted octanol–water partition coefficient (Wildman–Crippen LogP) is 3.47. The molecule has 1 aromatic heterocycles. The molecule has 0 atom stereocenters. The van der Waals surface area contributed by atoms with E-state index in [2.05, 4.69) is 23.7 Å². The lowest BCUT2D eigenvalue weighted by atomic mass is 10.1. The molecule has 0 spiro atoms. The number of hydrogen-bond donors (Lipinski definition) is 1. The summed E-state index contributed by atoms with van der Waals surface area (Å²) in [5.74, 6) is 0.835. The van der Waals surface area contributed by atoms with Crippen LogP contribution >= 0.6 is 0 Å². The maximum Gasteiger partial charge on any atom is 0.178 e. The van der Waals surface area contributed by atoms with Gasteiger partial charge in [-0.3, -0.25) is 9.69 Å². The van der Waals surface area contributed by atoms with E-state index in [-0.39, 0.29) is 5.78 Å². The molecule has 2 aromatic rings. The van der Waals surface area contributed by atoms with Gasteiger partial charge in [0.25, 0.3) is 0 Å². The van der Waals surface area contributed by atoms with Gasteiger partial charge in [-0.2, -0.15) is 0 Å². The molecule has 3 rings (SSSR count). The highest BCUT2D eigenvalue weighted by atomic mass is 16.1. The normalized spacial score (nSPS) is 15.4. The third-order valence-corrected chi connectivity index (χ3v) is 3.90. The van der Waals surface area contributed by atoms with Gasteiger partial charge in [-0.15, -0.1) is 0 Å². The van der Waals surface area contributed by atoms with Crippen LogP contribution in [-0.4, -0.2) is 34.8 Å². The molecule has 0 amide bonds. The Balaban J connectivity index is 1.78. The van der Waals surface area contributed by atoms with Crippen LogP contribution in [-0.2, 0) is 0 Å². The van der Waals surface area contributed by atoms with E-state index >= 15 is 0 Å². The Morgan fingerprint density at radius 2 is 2.10 bits per heavy atom. The van der Waals surface area contributed by atoms with Crippen molar-refractivity contribution >= 4 is 16.7 Å². The van der Waals surface area contributed by atoms with Crippen molar-refractivity contribution in [1.82, 2.24) is 9.88 Å². The molecular weight excluding hydrogens is 248 g/mol. The minimum absolute atomic E-state index is 0.231. The van der Waals surface area contributed by atoms with Gasteiger partial charge in [0, 0.05) is 35.2 Å². The number of hydrogen-bond acceptors (Lipinski definition) is 2. The van der Waals surface area contributed by atoms with E-state index < -0.39 is 0 Å². The summed E-state index contributed by atoms with van der Waals surface area (Å²) in [5.41, 5.74) is 1.87. The van der Waals surface area contributed by atoms with Crippen LogP contribution in [0.3, 0.4) is 0 Å². The molecular formula is C17H22N2O. The monoisotopic (exact) mass is 270 g/mol. The molecule has 1 N–H and O–H groups in total. The number of aromatic nitrogens is 1. The molecule has 1 heterocycles. The number of aromatic amines is 1. The van der Waals surface area contributed by atoms with Crippen molar-refractivity contribution in [3.05, 3.63) is 36.0 Å². The number of benzene rings is 1. The molecule has 1 aliphatic rings. The van der Waals surface area contributed by atoms with Crippen LogP contribution in [0.1, 0.15) is 37.0 Å². The standard InChI is InChI=1S/C17H22N2O/c1-12(2)10-19(13-7-8-13)11-17(20)15-9-18-16-6-4-3-5-14(15)16/h3-6,9,12-13,18H,7-8,10-11H2,1-2H3. The number of carbonyl (C=O) groups excluding carboxylic acids is 1. The minimum atomic E-state index is 0.231. The number of carbonyl (C=O) groups is 1. The maximum atomic E-state index is 12.6. The Morgan fingerprint density at radius 3 is 2.80 bits per heavy atom. The third kappa shape index (κ3) is 2.78. The van der Waals surface area contributed by atoms with Crippen LogP contribution in [0, 0.1) is 5.92 Å².